The number of anilines is 3. The van der Waals surface area contributed by atoms with Crippen LogP contribution in [0.1, 0.15) is 22.3 Å². The number of primary amides is 1. The number of hydrogen-bond acceptors (Lipinski definition) is 11. The van der Waals surface area contributed by atoms with Gasteiger partial charge < -0.3 is 36.6 Å². The van der Waals surface area contributed by atoms with E-state index in [1.807, 2.05) is 0 Å². The van der Waals surface area contributed by atoms with E-state index < -0.39 is 69.8 Å². The van der Waals surface area contributed by atoms with Gasteiger partial charge in [0.05, 0.1) is 17.3 Å². The molecule has 2 aromatic carbocycles. The number of allylic oxidation sites excluding steroid dienone is 1. The van der Waals surface area contributed by atoms with Gasteiger partial charge in [-0.05, 0) is 61.8 Å². The van der Waals surface area contributed by atoms with Gasteiger partial charge in [0.25, 0.3) is 5.91 Å². The van der Waals surface area contributed by atoms with Crippen molar-refractivity contribution < 1.29 is 34.5 Å². The SMILES string of the molecule is CN(C)c1cc(NC(=O)Nc2ccccc2)c(O)c2c1C[C@H]1C[C@H]3[C@H](N(C)C)C(=O)C(C(N)=O)=C(O)[C@@]3(O)C(N=O)=C1C2=O. The fraction of sp³-hybridized carbons (Fsp3) is 0.333. The van der Waals surface area contributed by atoms with Gasteiger partial charge in [0.15, 0.2) is 22.9 Å². The number of carbonyl (C=O) groups excluding carboxylic acids is 4. The third kappa shape index (κ3) is 4.50. The molecule has 0 aromatic heterocycles. The fourth-order valence-corrected chi connectivity index (χ4v) is 6.71. The predicted molar refractivity (Wildman–Crippen MR) is 160 cm³/mol. The van der Waals surface area contributed by atoms with Crippen LogP contribution in [0.25, 0.3) is 0 Å². The molecule has 3 aliphatic rings. The van der Waals surface area contributed by atoms with Crippen molar-refractivity contribution in [3.05, 3.63) is 75.0 Å². The largest absolute Gasteiger partial charge is 0.508 e. The smallest absolute Gasteiger partial charge is 0.323 e. The molecule has 5 rings (SSSR count). The second-order valence-corrected chi connectivity index (χ2v) is 11.5. The Bertz CT molecular complexity index is 1680. The number of nitrogens with one attached hydrogen (secondary N) is 2. The van der Waals surface area contributed by atoms with Gasteiger partial charge in [0.1, 0.15) is 17.0 Å². The molecular weight excluding hydrogens is 572 g/mol. The van der Waals surface area contributed by atoms with E-state index in [0.29, 0.717) is 16.9 Å². The number of aliphatic hydroxyl groups excluding tert-OH is 1. The van der Waals surface area contributed by atoms with Gasteiger partial charge in [-0.25, -0.2) is 4.79 Å². The first-order chi connectivity index (χ1) is 20.7. The molecule has 14 nitrogen and oxygen atoms in total. The minimum absolute atomic E-state index is 0.0617. The first kappa shape index (κ1) is 30.4. The third-order valence-electron chi connectivity index (χ3n) is 8.56. The van der Waals surface area contributed by atoms with Crippen LogP contribution in [0.5, 0.6) is 5.75 Å². The number of carbonyl (C=O) groups is 4. The highest BCUT2D eigenvalue weighted by Gasteiger charge is 2.62. The van der Waals surface area contributed by atoms with Crippen molar-refractivity contribution in [1.82, 2.24) is 4.90 Å². The molecule has 0 spiro atoms. The number of amides is 3. The number of aliphatic hydroxyl groups is 2. The number of hydrogen-bond donors (Lipinski definition) is 6. The van der Waals surface area contributed by atoms with Gasteiger partial charge in [-0.2, -0.15) is 0 Å². The van der Waals surface area contributed by atoms with Crippen molar-refractivity contribution in [2.24, 2.45) is 22.7 Å². The number of fused-ring (bicyclic) bond motifs is 3. The van der Waals surface area contributed by atoms with Gasteiger partial charge >= 0.3 is 6.03 Å². The van der Waals surface area contributed by atoms with E-state index in [1.54, 1.807) is 49.3 Å². The Morgan fingerprint density at radius 2 is 1.73 bits per heavy atom. The lowest BCUT2D eigenvalue weighted by Gasteiger charge is -2.50. The van der Waals surface area contributed by atoms with Crippen LogP contribution in [0.15, 0.2) is 64.2 Å². The van der Waals surface area contributed by atoms with E-state index in [9.17, 15) is 39.4 Å². The van der Waals surface area contributed by atoms with E-state index in [-0.39, 0.29) is 29.7 Å². The number of benzene rings is 2. The Morgan fingerprint density at radius 1 is 1.07 bits per heavy atom. The molecule has 0 fully saturated rings. The number of likely N-dealkylation sites (N-methyl/N-ethyl adjacent to an activating group) is 1. The lowest BCUT2D eigenvalue weighted by atomic mass is 9.58. The number of urea groups is 1. The standard InChI is InChI=1S/C30H32N6O8/c1-35(2)18-12-17(33-29(42)32-14-8-6-5-7-9-14)23(37)20-15(18)10-13-11-16-22(36(3)4)25(39)21(28(31)41)27(40)30(16,43)26(34-44)19(13)24(20)38/h5-9,12-13,16,22,37,40,43H,10-11H2,1-4H3,(H2,31,41)(H2,32,33,42)/t13-,16-,22-,30-/m0/s1. The van der Waals surface area contributed by atoms with E-state index in [2.05, 4.69) is 15.8 Å². The number of para-hydroxylation sites is 1. The molecule has 3 aliphatic carbocycles. The summed E-state index contributed by atoms with van der Waals surface area (Å²) >= 11 is 0. The average Bonchev–Trinajstić information content (AvgIpc) is 2.94. The van der Waals surface area contributed by atoms with Crippen LogP contribution < -0.4 is 21.3 Å². The molecule has 0 bridgehead atoms. The number of nitrogens with two attached hydrogens (primary N) is 1. The van der Waals surface area contributed by atoms with Crippen molar-refractivity contribution in [3.8, 4) is 5.75 Å². The van der Waals surface area contributed by atoms with Gasteiger partial charge in [0.2, 0.25) is 0 Å². The van der Waals surface area contributed by atoms with Crippen molar-refractivity contribution in [3.63, 3.8) is 0 Å². The number of nitroso groups, excluding NO2 is 1. The molecule has 0 saturated carbocycles. The Labute approximate surface area is 251 Å². The van der Waals surface area contributed by atoms with Gasteiger partial charge in [0, 0.05) is 37.0 Å². The monoisotopic (exact) mass is 604 g/mol. The van der Waals surface area contributed by atoms with Crippen LogP contribution in [0.3, 0.4) is 0 Å². The predicted octanol–water partition coefficient (Wildman–Crippen LogP) is 2.04. The molecule has 7 N–H and O–H groups in total. The van der Waals surface area contributed by atoms with Crippen molar-refractivity contribution >= 4 is 40.6 Å². The molecule has 0 saturated heterocycles. The lowest BCUT2D eigenvalue weighted by molar-refractivity contribution is -0.134. The molecule has 0 aliphatic heterocycles. The molecule has 0 heterocycles. The quantitative estimate of drug-likeness (QED) is 0.160. The fourth-order valence-electron chi connectivity index (χ4n) is 6.71. The normalized spacial score (nSPS) is 24.4. The zero-order chi connectivity index (χ0) is 32.2. The maximum absolute atomic E-state index is 14.2. The Balaban J connectivity index is 1.68. The van der Waals surface area contributed by atoms with E-state index >= 15 is 0 Å². The highest BCUT2D eigenvalue weighted by atomic mass is 16.3. The van der Waals surface area contributed by atoms with Crippen molar-refractivity contribution in [1.29, 1.82) is 0 Å². The second-order valence-electron chi connectivity index (χ2n) is 11.5. The number of aromatic hydroxyl groups is 1. The zero-order valence-electron chi connectivity index (χ0n) is 24.4. The zero-order valence-corrected chi connectivity index (χ0v) is 24.4. The summed E-state index contributed by atoms with van der Waals surface area (Å²) in [6, 6.07) is 8.18. The number of phenols is 1. The summed E-state index contributed by atoms with van der Waals surface area (Å²) in [5.74, 6) is -6.68. The summed E-state index contributed by atoms with van der Waals surface area (Å²) in [6.45, 7) is 0. The van der Waals surface area contributed by atoms with Crippen LogP contribution >= 0.6 is 0 Å². The number of Topliss-reactive ketones (excluding diaryl/α,β-unsaturated/α-hetero) is 2. The summed E-state index contributed by atoms with van der Waals surface area (Å²) in [5.41, 5.74) is 1.82. The number of rotatable bonds is 6. The first-order valence-electron chi connectivity index (χ1n) is 13.7. The molecular formula is C30H32N6O8. The Hall–Kier alpha value is -5.08. The highest BCUT2D eigenvalue weighted by molar-refractivity contribution is 6.22. The summed E-state index contributed by atoms with van der Waals surface area (Å²) in [5, 5.41) is 42.6. The lowest BCUT2D eigenvalue weighted by Crippen LogP contribution is -2.62. The second kappa shape index (κ2) is 10.9. The summed E-state index contributed by atoms with van der Waals surface area (Å²) in [7, 11) is 6.49. The van der Waals surface area contributed by atoms with Crippen molar-refractivity contribution in [2.75, 3.05) is 43.7 Å². The Morgan fingerprint density at radius 3 is 2.30 bits per heavy atom. The van der Waals surface area contributed by atoms with Gasteiger partial charge in [-0.1, -0.05) is 18.2 Å². The Kier molecular flexibility index (Phi) is 7.51. The molecule has 4 atom stereocenters. The van der Waals surface area contributed by atoms with Gasteiger partial charge in [-0.15, -0.1) is 4.91 Å². The maximum Gasteiger partial charge on any atom is 0.323 e. The summed E-state index contributed by atoms with van der Waals surface area (Å²) < 4.78 is 0. The molecule has 14 heteroatoms. The van der Waals surface area contributed by atoms with E-state index in [0.717, 1.165) is 0 Å². The molecule has 0 unspecified atom stereocenters. The van der Waals surface area contributed by atoms with E-state index in [1.165, 1.54) is 25.1 Å². The van der Waals surface area contributed by atoms with E-state index in [4.69, 9.17) is 5.73 Å². The molecule has 2 aromatic rings. The number of phenolic OH excluding ortho intramolecular Hbond substituents is 1. The summed E-state index contributed by atoms with van der Waals surface area (Å²) in [6.07, 6.45) is 0.0227. The number of ketones is 2. The highest BCUT2D eigenvalue weighted by Crippen LogP contribution is 2.55. The number of nitrogens with zero attached hydrogens (tertiary/aromatic N) is 3. The molecule has 44 heavy (non-hydrogen) atoms. The van der Waals surface area contributed by atoms with Crippen LogP contribution in [0.2, 0.25) is 0 Å². The van der Waals surface area contributed by atoms with Crippen LogP contribution in [-0.2, 0) is 16.0 Å². The van der Waals surface area contributed by atoms with Crippen LogP contribution in [0.4, 0.5) is 21.9 Å². The maximum atomic E-state index is 14.2. The minimum atomic E-state index is -2.70. The molecule has 230 valence electrons. The average molecular weight is 605 g/mol. The third-order valence-corrected chi connectivity index (χ3v) is 8.56. The summed E-state index contributed by atoms with van der Waals surface area (Å²) in [4.78, 5) is 68.2. The van der Waals surface area contributed by atoms with Crippen LogP contribution in [0, 0.1) is 16.7 Å². The van der Waals surface area contributed by atoms with Crippen molar-refractivity contribution in [2.45, 2.75) is 24.5 Å². The molecule has 3 amide bonds. The topological polar surface area (TPSA) is 215 Å². The molecule has 0 radical (unpaired) electrons. The van der Waals surface area contributed by atoms with Gasteiger partial charge in [-0.3, -0.25) is 19.3 Å². The van der Waals surface area contributed by atoms with Crippen LogP contribution in [-0.4, -0.2) is 83.6 Å². The first-order valence-corrected chi connectivity index (χ1v) is 13.7. The minimum Gasteiger partial charge on any atom is -0.508 e.